The standard InChI is InChI=1S/C18H14N2O2/c1-21-17-7-8-18(22-2)15(10-17)9-16(12-20)14-5-3-13(11-19)4-6-14/h3-10H,1-2H3/b16-9-. The van der Waals surface area contributed by atoms with E-state index in [1.165, 1.54) is 0 Å². The molecule has 0 aliphatic heterocycles. The predicted octanol–water partition coefficient (Wildman–Crippen LogP) is 3.64. The van der Waals surface area contributed by atoms with Crippen LogP contribution < -0.4 is 9.47 Å². The summed E-state index contributed by atoms with van der Waals surface area (Å²) >= 11 is 0. The predicted molar refractivity (Wildman–Crippen MR) is 84.2 cm³/mol. The van der Waals surface area contributed by atoms with Crippen LogP contribution in [-0.2, 0) is 0 Å². The second-order valence-electron chi connectivity index (χ2n) is 4.47. The Morgan fingerprint density at radius 3 is 2.27 bits per heavy atom. The number of nitriles is 2. The van der Waals surface area contributed by atoms with Crippen molar-refractivity contribution in [1.29, 1.82) is 10.5 Å². The largest absolute Gasteiger partial charge is 0.497 e. The van der Waals surface area contributed by atoms with Crippen molar-refractivity contribution >= 4 is 11.6 Å². The van der Waals surface area contributed by atoms with E-state index < -0.39 is 0 Å². The highest BCUT2D eigenvalue weighted by Crippen LogP contribution is 2.28. The fraction of sp³-hybridized carbons (Fsp3) is 0.111. The van der Waals surface area contributed by atoms with Gasteiger partial charge < -0.3 is 9.47 Å². The van der Waals surface area contributed by atoms with Crippen LogP contribution in [0.15, 0.2) is 42.5 Å². The lowest BCUT2D eigenvalue weighted by atomic mass is 10.0. The highest BCUT2D eigenvalue weighted by Gasteiger charge is 2.06. The number of allylic oxidation sites excluding steroid dienone is 1. The van der Waals surface area contributed by atoms with Crippen LogP contribution in [0.4, 0.5) is 0 Å². The average molecular weight is 290 g/mol. The van der Waals surface area contributed by atoms with Gasteiger partial charge in [0.25, 0.3) is 0 Å². The van der Waals surface area contributed by atoms with E-state index in [0.29, 0.717) is 22.6 Å². The molecule has 0 aliphatic carbocycles. The number of hydrogen-bond acceptors (Lipinski definition) is 4. The quantitative estimate of drug-likeness (QED) is 0.637. The maximum Gasteiger partial charge on any atom is 0.126 e. The van der Waals surface area contributed by atoms with Gasteiger partial charge in [0.2, 0.25) is 0 Å². The van der Waals surface area contributed by atoms with Gasteiger partial charge in [-0.25, -0.2) is 0 Å². The molecule has 2 rings (SSSR count). The van der Waals surface area contributed by atoms with Crippen molar-refractivity contribution in [1.82, 2.24) is 0 Å². The van der Waals surface area contributed by atoms with Crippen LogP contribution in [0.3, 0.4) is 0 Å². The Labute approximate surface area is 129 Å². The topological polar surface area (TPSA) is 66.0 Å². The number of rotatable bonds is 4. The molecule has 2 aromatic carbocycles. The van der Waals surface area contributed by atoms with Crippen molar-refractivity contribution in [2.45, 2.75) is 0 Å². The Balaban J connectivity index is 2.48. The summed E-state index contributed by atoms with van der Waals surface area (Å²) in [5, 5.41) is 18.2. The number of hydrogen-bond donors (Lipinski definition) is 0. The zero-order valence-electron chi connectivity index (χ0n) is 12.3. The van der Waals surface area contributed by atoms with E-state index in [4.69, 9.17) is 14.7 Å². The first-order chi connectivity index (χ1) is 10.7. The second-order valence-corrected chi connectivity index (χ2v) is 4.47. The first-order valence-corrected chi connectivity index (χ1v) is 6.56. The Kier molecular flexibility index (Phi) is 4.80. The van der Waals surface area contributed by atoms with Crippen LogP contribution in [0.1, 0.15) is 16.7 Å². The Bertz CT molecular complexity index is 778. The molecule has 0 aromatic heterocycles. The zero-order chi connectivity index (χ0) is 15.9. The molecule has 0 N–H and O–H groups in total. The molecule has 0 atom stereocenters. The van der Waals surface area contributed by atoms with E-state index in [0.717, 1.165) is 11.1 Å². The van der Waals surface area contributed by atoms with E-state index in [2.05, 4.69) is 12.1 Å². The SMILES string of the molecule is COc1ccc(OC)c(/C=C(/C#N)c2ccc(C#N)cc2)c1. The van der Waals surface area contributed by atoms with Crippen molar-refractivity contribution < 1.29 is 9.47 Å². The van der Waals surface area contributed by atoms with Gasteiger partial charge in [-0.1, -0.05) is 12.1 Å². The summed E-state index contributed by atoms with van der Waals surface area (Å²) in [5.74, 6) is 1.34. The Hall–Kier alpha value is -3.24. The zero-order valence-corrected chi connectivity index (χ0v) is 12.3. The van der Waals surface area contributed by atoms with E-state index in [-0.39, 0.29) is 0 Å². The molecule has 4 nitrogen and oxygen atoms in total. The molecule has 0 spiro atoms. The van der Waals surface area contributed by atoms with E-state index in [1.807, 2.05) is 0 Å². The van der Waals surface area contributed by atoms with Crippen molar-refractivity contribution in [3.05, 3.63) is 59.2 Å². The molecule has 108 valence electrons. The van der Waals surface area contributed by atoms with Gasteiger partial charge in [-0.3, -0.25) is 0 Å². The molecule has 0 heterocycles. The molecule has 4 heteroatoms. The minimum atomic E-state index is 0.482. The van der Waals surface area contributed by atoms with Crippen molar-refractivity contribution in [3.63, 3.8) is 0 Å². The molecule has 0 saturated carbocycles. The minimum absolute atomic E-state index is 0.482. The van der Waals surface area contributed by atoms with Crippen LogP contribution in [0, 0.1) is 22.7 Å². The average Bonchev–Trinajstić information content (AvgIpc) is 2.59. The van der Waals surface area contributed by atoms with Gasteiger partial charge in [-0.2, -0.15) is 10.5 Å². The third-order valence-corrected chi connectivity index (χ3v) is 3.18. The van der Waals surface area contributed by atoms with Gasteiger partial charge >= 0.3 is 0 Å². The number of ether oxygens (including phenoxy) is 2. The molecule has 0 unspecified atom stereocenters. The first-order valence-electron chi connectivity index (χ1n) is 6.56. The third-order valence-electron chi connectivity index (χ3n) is 3.18. The molecule has 0 amide bonds. The highest BCUT2D eigenvalue weighted by atomic mass is 16.5. The maximum atomic E-state index is 9.40. The van der Waals surface area contributed by atoms with Crippen molar-refractivity contribution in [3.8, 4) is 23.6 Å². The molecule has 0 radical (unpaired) electrons. The molecule has 2 aromatic rings. The lowest BCUT2D eigenvalue weighted by molar-refractivity contribution is 0.402. The molecular formula is C18H14N2O2. The van der Waals surface area contributed by atoms with Crippen LogP contribution in [-0.4, -0.2) is 14.2 Å². The molecule has 0 aliphatic rings. The van der Waals surface area contributed by atoms with Gasteiger partial charge in [0.1, 0.15) is 11.5 Å². The highest BCUT2D eigenvalue weighted by molar-refractivity contribution is 5.90. The first kappa shape index (κ1) is 15.2. The lowest BCUT2D eigenvalue weighted by Gasteiger charge is -2.08. The summed E-state index contributed by atoms with van der Waals surface area (Å²) in [4.78, 5) is 0. The number of nitrogens with zero attached hydrogens (tertiary/aromatic N) is 2. The van der Waals surface area contributed by atoms with Gasteiger partial charge in [0.15, 0.2) is 0 Å². The fourth-order valence-electron chi connectivity index (χ4n) is 2.01. The summed E-state index contributed by atoms with van der Waals surface area (Å²) in [6.07, 6.45) is 1.74. The van der Waals surface area contributed by atoms with Gasteiger partial charge in [-0.05, 0) is 42.0 Å². The molecule has 22 heavy (non-hydrogen) atoms. The van der Waals surface area contributed by atoms with Crippen LogP contribution in [0.5, 0.6) is 11.5 Å². The molecule has 0 fully saturated rings. The minimum Gasteiger partial charge on any atom is -0.497 e. The van der Waals surface area contributed by atoms with Gasteiger partial charge in [0.05, 0.1) is 37.5 Å². The normalized spacial score (nSPS) is 10.5. The Morgan fingerprint density at radius 1 is 1.00 bits per heavy atom. The monoisotopic (exact) mass is 290 g/mol. The van der Waals surface area contributed by atoms with Gasteiger partial charge in [-0.15, -0.1) is 0 Å². The summed E-state index contributed by atoms with van der Waals surface area (Å²) in [6, 6.07) is 16.5. The Morgan fingerprint density at radius 2 is 1.73 bits per heavy atom. The fourth-order valence-corrected chi connectivity index (χ4v) is 2.01. The second kappa shape index (κ2) is 6.97. The van der Waals surface area contributed by atoms with Crippen LogP contribution >= 0.6 is 0 Å². The van der Waals surface area contributed by atoms with E-state index in [9.17, 15) is 5.26 Å². The van der Waals surface area contributed by atoms with E-state index in [1.54, 1.807) is 62.8 Å². The molecule has 0 bridgehead atoms. The summed E-state index contributed by atoms with van der Waals surface area (Å²) in [6.45, 7) is 0. The van der Waals surface area contributed by atoms with Crippen molar-refractivity contribution in [2.75, 3.05) is 14.2 Å². The van der Waals surface area contributed by atoms with Crippen LogP contribution in [0.25, 0.3) is 11.6 Å². The van der Waals surface area contributed by atoms with Gasteiger partial charge in [0, 0.05) is 5.56 Å². The lowest BCUT2D eigenvalue weighted by Crippen LogP contribution is -1.90. The van der Waals surface area contributed by atoms with E-state index >= 15 is 0 Å². The number of methoxy groups -OCH3 is 2. The summed E-state index contributed by atoms with van der Waals surface area (Å²) in [7, 11) is 3.16. The maximum absolute atomic E-state index is 9.40. The molecule has 0 saturated heterocycles. The van der Waals surface area contributed by atoms with Crippen LogP contribution in [0.2, 0.25) is 0 Å². The third kappa shape index (κ3) is 3.26. The van der Waals surface area contributed by atoms with Crippen molar-refractivity contribution in [2.24, 2.45) is 0 Å². The molecular weight excluding hydrogens is 276 g/mol. The smallest absolute Gasteiger partial charge is 0.126 e. The summed E-state index contributed by atoms with van der Waals surface area (Å²) < 4.78 is 10.5. The number of benzene rings is 2. The summed E-state index contributed by atoms with van der Waals surface area (Å²) in [5.41, 5.74) is 2.53.